The molecular formula is C15H26N2O. The first-order valence-corrected chi connectivity index (χ1v) is 7.58. The molecule has 4 bridgehead atoms. The van der Waals surface area contributed by atoms with E-state index in [0.29, 0.717) is 12.0 Å². The van der Waals surface area contributed by atoms with Gasteiger partial charge < -0.3 is 11.1 Å². The monoisotopic (exact) mass is 250 g/mol. The predicted octanol–water partition coefficient (Wildman–Crippen LogP) is 1.91. The number of carbonyl (C=O) groups excluding carboxylic acids is 1. The molecular weight excluding hydrogens is 224 g/mol. The lowest BCUT2D eigenvalue weighted by Gasteiger charge is -2.57. The van der Waals surface area contributed by atoms with Crippen molar-refractivity contribution in [2.75, 3.05) is 13.1 Å². The molecule has 0 aromatic heterocycles. The zero-order chi connectivity index (χ0) is 12.8. The Bertz CT molecular complexity index is 304. The van der Waals surface area contributed by atoms with E-state index in [2.05, 4.69) is 5.32 Å². The summed E-state index contributed by atoms with van der Waals surface area (Å²) < 4.78 is 0. The van der Waals surface area contributed by atoms with Crippen molar-refractivity contribution in [1.29, 1.82) is 0 Å². The molecule has 18 heavy (non-hydrogen) atoms. The molecule has 3 N–H and O–H groups in total. The fraction of sp³-hybridized carbons (Fsp3) is 0.933. The summed E-state index contributed by atoms with van der Waals surface area (Å²) in [6.45, 7) is 3.27. The second-order valence-electron chi connectivity index (χ2n) is 7.27. The molecule has 1 atom stereocenters. The number of nitrogens with one attached hydrogen (secondary N) is 1. The van der Waals surface area contributed by atoms with Crippen molar-refractivity contribution >= 4 is 5.91 Å². The molecule has 3 heteroatoms. The Kier molecular flexibility index (Phi) is 3.13. The average molecular weight is 250 g/mol. The Morgan fingerprint density at radius 3 is 2.17 bits per heavy atom. The van der Waals surface area contributed by atoms with E-state index in [1.165, 1.54) is 38.5 Å². The van der Waals surface area contributed by atoms with Gasteiger partial charge in [0.1, 0.15) is 0 Å². The van der Waals surface area contributed by atoms with E-state index in [0.717, 1.165) is 24.3 Å². The molecule has 4 saturated carbocycles. The van der Waals surface area contributed by atoms with E-state index in [9.17, 15) is 4.79 Å². The standard InChI is InChI=1S/C15H26N2O/c1-10(8-16)14(18)17-9-15-5-11-2-12(6-15)4-13(3-11)7-15/h10-13H,2-9,16H2,1H3,(H,17,18). The number of hydrogen-bond donors (Lipinski definition) is 2. The first kappa shape index (κ1) is 12.5. The fourth-order valence-electron chi connectivity index (χ4n) is 5.06. The van der Waals surface area contributed by atoms with Gasteiger partial charge in [0.2, 0.25) is 5.91 Å². The molecule has 1 amide bonds. The van der Waals surface area contributed by atoms with E-state index in [1.54, 1.807) is 0 Å². The van der Waals surface area contributed by atoms with Crippen LogP contribution in [-0.2, 0) is 4.79 Å². The van der Waals surface area contributed by atoms with Crippen LogP contribution in [0.3, 0.4) is 0 Å². The zero-order valence-electron chi connectivity index (χ0n) is 11.5. The third-order valence-corrected chi connectivity index (χ3v) is 5.60. The minimum atomic E-state index is -0.0427. The smallest absolute Gasteiger partial charge is 0.224 e. The van der Waals surface area contributed by atoms with Crippen LogP contribution in [0, 0.1) is 29.1 Å². The highest BCUT2D eigenvalue weighted by molar-refractivity contribution is 5.78. The number of amides is 1. The molecule has 0 aromatic rings. The van der Waals surface area contributed by atoms with Crippen LogP contribution in [0.5, 0.6) is 0 Å². The molecule has 0 aromatic carbocycles. The molecule has 0 saturated heterocycles. The van der Waals surface area contributed by atoms with Crippen LogP contribution in [0.25, 0.3) is 0 Å². The summed E-state index contributed by atoms with van der Waals surface area (Å²) in [7, 11) is 0. The molecule has 4 aliphatic rings. The second kappa shape index (κ2) is 4.52. The topological polar surface area (TPSA) is 55.1 Å². The van der Waals surface area contributed by atoms with Crippen molar-refractivity contribution < 1.29 is 4.79 Å². The van der Waals surface area contributed by atoms with Crippen LogP contribution < -0.4 is 11.1 Å². The van der Waals surface area contributed by atoms with Crippen molar-refractivity contribution in [2.45, 2.75) is 45.4 Å². The van der Waals surface area contributed by atoms with Gasteiger partial charge in [0.05, 0.1) is 0 Å². The molecule has 4 fully saturated rings. The number of hydrogen-bond acceptors (Lipinski definition) is 2. The Balaban J connectivity index is 1.61. The largest absolute Gasteiger partial charge is 0.355 e. The highest BCUT2D eigenvalue weighted by atomic mass is 16.1. The second-order valence-corrected chi connectivity index (χ2v) is 7.27. The SMILES string of the molecule is CC(CN)C(=O)NCC12CC3CC(CC(C3)C1)C2. The summed E-state index contributed by atoms with van der Waals surface area (Å²) in [5.74, 6) is 2.98. The number of nitrogens with two attached hydrogens (primary N) is 1. The molecule has 0 heterocycles. The third-order valence-electron chi connectivity index (χ3n) is 5.60. The van der Waals surface area contributed by atoms with Crippen molar-refractivity contribution in [2.24, 2.45) is 34.8 Å². The Labute approximate surface area is 110 Å². The maximum atomic E-state index is 11.9. The molecule has 102 valence electrons. The minimum absolute atomic E-state index is 0.0427. The van der Waals surface area contributed by atoms with Crippen LogP contribution >= 0.6 is 0 Å². The van der Waals surface area contributed by atoms with Gasteiger partial charge >= 0.3 is 0 Å². The summed E-state index contributed by atoms with van der Waals surface area (Å²) >= 11 is 0. The number of carbonyl (C=O) groups is 1. The summed E-state index contributed by atoms with van der Waals surface area (Å²) in [6, 6.07) is 0. The van der Waals surface area contributed by atoms with E-state index < -0.39 is 0 Å². The summed E-state index contributed by atoms with van der Waals surface area (Å²) in [6.07, 6.45) is 8.47. The lowest BCUT2D eigenvalue weighted by molar-refractivity contribution is -0.126. The quantitative estimate of drug-likeness (QED) is 0.801. The molecule has 0 spiro atoms. The predicted molar refractivity (Wildman–Crippen MR) is 71.8 cm³/mol. The Hall–Kier alpha value is -0.570. The van der Waals surface area contributed by atoms with E-state index in [1.807, 2.05) is 6.92 Å². The maximum absolute atomic E-state index is 11.9. The highest BCUT2D eigenvalue weighted by Crippen LogP contribution is 2.59. The van der Waals surface area contributed by atoms with Gasteiger partial charge in [-0.15, -0.1) is 0 Å². The van der Waals surface area contributed by atoms with Crippen molar-refractivity contribution in [3.63, 3.8) is 0 Å². The molecule has 0 radical (unpaired) electrons. The first-order valence-electron chi connectivity index (χ1n) is 7.58. The zero-order valence-corrected chi connectivity index (χ0v) is 11.5. The highest BCUT2D eigenvalue weighted by Gasteiger charge is 2.50. The lowest BCUT2D eigenvalue weighted by Crippen LogP contribution is -2.51. The maximum Gasteiger partial charge on any atom is 0.224 e. The van der Waals surface area contributed by atoms with Gasteiger partial charge in [0.15, 0.2) is 0 Å². The van der Waals surface area contributed by atoms with Gasteiger partial charge in [-0.05, 0) is 61.7 Å². The molecule has 4 rings (SSSR count). The minimum Gasteiger partial charge on any atom is -0.355 e. The van der Waals surface area contributed by atoms with Gasteiger partial charge in [0, 0.05) is 19.0 Å². The molecule has 0 aliphatic heterocycles. The van der Waals surface area contributed by atoms with Crippen LogP contribution in [-0.4, -0.2) is 19.0 Å². The Morgan fingerprint density at radius 1 is 1.22 bits per heavy atom. The van der Waals surface area contributed by atoms with Gasteiger partial charge in [0.25, 0.3) is 0 Å². The molecule has 4 aliphatic carbocycles. The number of rotatable bonds is 4. The van der Waals surface area contributed by atoms with Crippen LogP contribution in [0.1, 0.15) is 45.4 Å². The average Bonchev–Trinajstić information content (AvgIpc) is 2.33. The van der Waals surface area contributed by atoms with Gasteiger partial charge in [-0.2, -0.15) is 0 Å². The van der Waals surface area contributed by atoms with Crippen molar-refractivity contribution in [3.8, 4) is 0 Å². The molecule has 1 unspecified atom stereocenters. The van der Waals surface area contributed by atoms with Gasteiger partial charge in [-0.1, -0.05) is 6.92 Å². The van der Waals surface area contributed by atoms with Crippen LogP contribution in [0.4, 0.5) is 0 Å². The van der Waals surface area contributed by atoms with E-state index >= 15 is 0 Å². The van der Waals surface area contributed by atoms with Gasteiger partial charge in [-0.25, -0.2) is 0 Å². The van der Waals surface area contributed by atoms with Gasteiger partial charge in [-0.3, -0.25) is 4.79 Å². The summed E-state index contributed by atoms with van der Waals surface area (Å²) in [4.78, 5) is 11.9. The summed E-state index contributed by atoms with van der Waals surface area (Å²) in [5.41, 5.74) is 5.99. The first-order chi connectivity index (χ1) is 8.60. The van der Waals surface area contributed by atoms with Crippen LogP contribution in [0.2, 0.25) is 0 Å². The van der Waals surface area contributed by atoms with E-state index in [4.69, 9.17) is 5.73 Å². The van der Waals surface area contributed by atoms with Crippen molar-refractivity contribution in [1.82, 2.24) is 5.32 Å². The summed E-state index contributed by atoms with van der Waals surface area (Å²) in [5, 5.41) is 3.17. The lowest BCUT2D eigenvalue weighted by atomic mass is 9.49. The van der Waals surface area contributed by atoms with Crippen molar-refractivity contribution in [3.05, 3.63) is 0 Å². The third kappa shape index (κ3) is 2.18. The fourth-order valence-corrected chi connectivity index (χ4v) is 5.06. The van der Waals surface area contributed by atoms with E-state index in [-0.39, 0.29) is 11.8 Å². The molecule has 3 nitrogen and oxygen atoms in total. The van der Waals surface area contributed by atoms with Crippen LogP contribution in [0.15, 0.2) is 0 Å². The normalized spacial score (nSPS) is 42.9. The Morgan fingerprint density at radius 2 is 1.72 bits per heavy atom.